The topological polar surface area (TPSA) is 134 Å². The Morgan fingerprint density at radius 2 is 1.97 bits per heavy atom. The van der Waals surface area contributed by atoms with E-state index in [4.69, 9.17) is 5.73 Å². The Bertz CT molecular complexity index is 1160. The SMILES string of the molecule is CCc1cccc(-c2c(F)cccc2C(O)(CCCNC(=O)OC)C2CCCN(C(=O)CNC(=O)CN)C2)c1. The Morgan fingerprint density at radius 1 is 1.21 bits per heavy atom. The number of aryl methyl sites for hydroxylation is 1. The van der Waals surface area contributed by atoms with Crippen molar-refractivity contribution in [3.63, 3.8) is 0 Å². The average Bonchev–Trinajstić information content (AvgIpc) is 2.97. The number of aliphatic hydroxyl groups is 1. The monoisotopic (exact) mass is 542 g/mol. The molecule has 0 spiro atoms. The number of hydrogen-bond donors (Lipinski definition) is 4. The van der Waals surface area contributed by atoms with Gasteiger partial charge in [-0.2, -0.15) is 0 Å². The summed E-state index contributed by atoms with van der Waals surface area (Å²) in [6.07, 6.45) is 2.08. The van der Waals surface area contributed by atoms with Gasteiger partial charge in [0.05, 0.1) is 25.8 Å². The third kappa shape index (κ3) is 7.54. The van der Waals surface area contributed by atoms with Crippen molar-refractivity contribution in [3.05, 3.63) is 59.4 Å². The van der Waals surface area contributed by atoms with Crippen LogP contribution < -0.4 is 16.4 Å². The number of rotatable bonds is 11. The van der Waals surface area contributed by atoms with Crippen molar-refractivity contribution in [1.29, 1.82) is 0 Å². The second kappa shape index (κ2) is 14.0. The molecule has 0 radical (unpaired) electrons. The number of piperidine rings is 1. The van der Waals surface area contributed by atoms with Gasteiger partial charge in [-0.3, -0.25) is 9.59 Å². The lowest BCUT2D eigenvalue weighted by Crippen LogP contribution is -2.51. The van der Waals surface area contributed by atoms with Gasteiger partial charge in [-0.25, -0.2) is 9.18 Å². The molecule has 0 aromatic heterocycles. The molecule has 3 amide bonds. The molecule has 212 valence electrons. The zero-order valence-corrected chi connectivity index (χ0v) is 22.7. The smallest absolute Gasteiger partial charge is 0.406 e. The Labute approximate surface area is 228 Å². The minimum atomic E-state index is -1.50. The maximum absolute atomic E-state index is 15.5. The highest BCUT2D eigenvalue weighted by molar-refractivity contribution is 5.85. The number of nitrogens with two attached hydrogens (primary N) is 1. The van der Waals surface area contributed by atoms with Crippen LogP contribution in [0.4, 0.5) is 9.18 Å². The maximum Gasteiger partial charge on any atom is 0.406 e. The molecule has 2 atom stereocenters. The van der Waals surface area contributed by atoms with Crippen LogP contribution in [-0.2, 0) is 26.3 Å². The summed E-state index contributed by atoms with van der Waals surface area (Å²) >= 11 is 0. The first-order chi connectivity index (χ1) is 18.7. The summed E-state index contributed by atoms with van der Waals surface area (Å²) in [6, 6.07) is 12.3. The summed E-state index contributed by atoms with van der Waals surface area (Å²) < 4.78 is 20.2. The lowest BCUT2D eigenvalue weighted by molar-refractivity contribution is -0.137. The van der Waals surface area contributed by atoms with Gasteiger partial charge < -0.3 is 31.1 Å². The highest BCUT2D eigenvalue weighted by atomic mass is 19.1. The van der Waals surface area contributed by atoms with Crippen LogP contribution in [0.1, 0.15) is 43.7 Å². The third-order valence-electron chi connectivity index (χ3n) is 7.36. The zero-order chi connectivity index (χ0) is 28.4. The minimum absolute atomic E-state index is 0.181. The summed E-state index contributed by atoms with van der Waals surface area (Å²) in [6.45, 7) is 2.61. The first kappa shape index (κ1) is 30.0. The van der Waals surface area contributed by atoms with E-state index in [1.807, 2.05) is 31.2 Å². The van der Waals surface area contributed by atoms with Crippen molar-refractivity contribution in [2.75, 3.05) is 39.8 Å². The molecule has 5 N–H and O–H groups in total. The summed E-state index contributed by atoms with van der Waals surface area (Å²) in [5.74, 6) is -1.55. The van der Waals surface area contributed by atoms with Gasteiger partial charge in [-0.15, -0.1) is 0 Å². The molecule has 3 rings (SSSR count). The molecule has 0 saturated carbocycles. The number of carbonyl (C=O) groups excluding carboxylic acids is 3. The molecular weight excluding hydrogens is 503 g/mol. The molecular formula is C29H39FN4O5. The van der Waals surface area contributed by atoms with E-state index in [1.54, 1.807) is 17.0 Å². The number of carbonyl (C=O) groups is 3. The van der Waals surface area contributed by atoms with E-state index in [-0.39, 0.29) is 38.5 Å². The largest absolute Gasteiger partial charge is 0.453 e. The van der Waals surface area contributed by atoms with Crippen molar-refractivity contribution in [2.24, 2.45) is 11.7 Å². The summed E-state index contributed by atoms with van der Waals surface area (Å²) in [5, 5.41) is 17.6. The van der Waals surface area contributed by atoms with Crippen molar-refractivity contribution in [3.8, 4) is 11.1 Å². The zero-order valence-electron chi connectivity index (χ0n) is 22.7. The van der Waals surface area contributed by atoms with Crippen molar-refractivity contribution in [1.82, 2.24) is 15.5 Å². The predicted octanol–water partition coefficient (Wildman–Crippen LogP) is 2.69. The molecule has 39 heavy (non-hydrogen) atoms. The second-order valence-corrected chi connectivity index (χ2v) is 9.82. The highest BCUT2D eigenvalue weighted by Gasteiger charge is 2.43. The van der Waals surface area contributed by atoms with Crippen LogP contribution in [0.15, 0.2) is 42.5 Å². The van der Waals surface area contributed by atoms with E-state index >= 15 is 4.39 Å². The summed E-state index contributed by atoms with van der Waals surface area (Å²) in [4.78, 5) is 37.6. The Hall–Kier alpha value is -3.50. The summed E-state index contributed by atoms with van der Waals surface area (Å²) in [7, 11) is 1.28. The van der Waals surface area contributed by atoms with Crippen LogP contribution >= 0.6 is 0 Å². The van der Waals surface area contributed by atoms with Gasteiger partial charge in [0.25, 0.3) is 0 Å². The fraction of sp³-hybridized carbons (Fsp3) is 0.483. The van der Waals surface area contributed by atoms with Gasteiger partial charge in [0, 0.05) is 31.1 Å². The Morgan fingerprint density at radius 3 is 2.69 bits per heavy atom. The van der Waals surface area contributed by atoms with E-state index in [0.29, 0.717) is 42.5 Å². The number of hydrogen-bond acceptors (Lipinski definition) is 6. The molecule has 1 saturated heterocycles. The third-order valence-corrected chi connectivity index (χ3v) is 7.36. The molecule has 0 bridgehead atoms. The number of alkyl carbamates (subject to hydrolysis) is 1. The number of likely N-dealkylation sites (tertiary alicyclic amines) is 1. The number of nitrogens with zero attached hydrogens (tertiary/aromatic N) is 1. The van der Waals surface area contributed by atoms with E-state index in [1.165, 1.54) is 13.2 Å². The molecule has 1 heterocycles. The number of methoxy groups -OCH3 is 1. The molecule has 2 unspecified atom stereocenters. The molecule has 1 aliphatic heterocycles. The molecule has 10 heteroatoms. The van der Waals surface area contributed by atoms with E-state index in [0.717, 1.165) is 12.0 Å². The van der Waals surface area contributed by atoms with Crippen LogP contribution in [0.25, 0.3) is 11.1 Å². The fourth-order valence-electron chi connectivity index (χ4n) is 5.26. The van der Waals surface area contributed by atoms with Crippen molar-refractivity contribution >= 4 is 17.9 Å². The number of nitrogens with one attached hydrogen (secondary N) is 2. The lowest BCUT2D eigenvalue weighted by Gasteiger charge is -2.43. The van der Waals surface area contributed by atoms with Gasteiger partial charge in [0.15, 0.2) is 0 Å². The number of benzene rings is 2. The Kier molecular flexibility index (Phi) is 10.8. The maximum atomic E-state index is 15.5. The fourth-order valence-corrected chi connectivity index (χ4v) is 5.26. The van der Waals surface area contributed by atoms with Gasteiger partial charge in [-0.1, -0.05) is 43.3 Å². The molecule has 2 aromatic rings. The number of ether oxygens (including phenoxy) is 1. The van der Waals surface area contributed by atoms with Crippen molar-refractivity contribution in [2.45, 2.75) is 44.6 Å². The second-order valence-electron chi connectivity index (χ2n) is 9.82. The standard InChI is InChI=1S/C29H39FN4O5/c1-3-20-8-4-9-21(16-20)27-23(11-5-12-24(27)30)29(38,13-7-14-32-28(37)39-2)22-10-6-15-34(19-22)26(36)18-33-25(35)17-31/h4-5,8-9,11-12,16,22,38H,3,6-7,10,13-15,17-19,31H2,1-2H3,(H,32,37)(H,33,35). The molecule has 1 aliphatic rings. The lowest BCUT2D eigenvalue weighted by atomic mass is 9.72. The van der Waals surface area contributed by atoms with Gasteiger partial charge in [-0.05, 0) is 54.9 Å². The normalized spacial score (nSPS) is 16.7. The number of halogens is 1. The van der Waals surface area contributed by atoms with Crippen LogP contribution in [0, 0.1) is 11.7 Å². The molecule has 9 nitrogen and oxygen atoms in total. The van der Waals surface area contributed by atoms with E-state index in [9.17, 15) is 19.5 Å². The number of amides is 3. The molecule has 0 aliphatic carbocycles. The quantitative estimate of drug-likeness (QED) is 0.323. The summed E-state index contributed by atoms with van der Waals surface area (Å²) in [5.41, 5.74) is 6.31. The van der Waals surface area contributed by atoms with E-state index in [2.05, 4.69) is 15.4 Å². The minimum Gasteiger partial charge on any atom is -0.453 e. The molecule has 2 aromatic carbocycles. The first-order valence-electron chi connectivity index (χ1n) is 13.4. The highest BCUT2D eigenvalue weighted by Crippen LogP contribution is 2.44. The molecule has 1 fully saturated rings. The van der Waals surface area contributed by atoms with Crippen molar-refractivity contribution < 1.29 is 28.6 Å². The van der Waals surface area contributed by atoms with Gasteiger partial charge in [0.2, 0.25) is 11.8 Å². The first-order valence-corrected chi connectivity index (χ1v) is 13.4. The van der Waals surface area contributed by atoms with Crippen LogP contribution in [-0.4, -0.2) is 67.7 Å². The van der Waals surface area contributed by atoms with Crippen LogP contribution in [0.2, 0.25) is 0 Å². The Balaban J connectivity index is 1.98. The van der Waals surface area contributed by atoms with Gasteiger partial charge >= 0.3 is 6.09 Å². The van der Waals surface area contributed by atoms with Crippen LogP contribution in [0.5, 0.6) is 0 Å². The van der Waals surface area contributed by atoms with E-state index < -0.39 is 29.3 Å². The van der Waals surface area contributed by atoms with Gasteiger partial charge in [0.1, 0.15) is 5.82 Å². The predicted molar refractivity (Wildman–Crippen MR) is 146 cm³/mol. The van der Waals surface area contributed by atoms with Crippen LogP contribution in [0.3, 0.4) is 0 Å². The average molecular weight is 543 g/mol.